The van der Waals surface area contributed by atoms with Crippen LogP contribution in [0.25, 0.3) is 5.65 Å². The molecule has 5 heteroatoms. The summed E-state index contributed by atoms with van der Waals surface area (Å²) in [6.07, 6.45) is 6.15. The predicted octanol–water partition coefficient (Wildman–Crippen LogP) is 2.48. The molecule has 5 nitrogen and oxygen atoms in total. The third kappa shape index (κ3) is 2.33. The highest BCUT2D eigenvalue weighted by Crippen LogP contribution is 2.30. The highest BCUT2D eigenvalue weighted by atomic mass is 16.1. The van der Waals surface area contributed by atoms with Crippen molar-refractivity contribution in [3.8, 4) is 0 Å². The van der Waals surface area contributed by atoms with Gasteiger partial charge in [-0.05, 0) is 45.4 Å². The minimum absolute atomic E-state index is 0.295. The molecule has 0 bridgehead atoms. The molecule has 20 heavy (non-hydrogen) atoms. The fourth-order valence-corrected chi connectivity index (χ4v) is 2.98. The quantitative estimate of drug-likeness (QED) is 0.805. The zero-order valence-electron chi connectivity index (χ0n) is 12.0. The molecule has 0 aliphatic carbocycles. The first-order valence-electron chi connectivity index (χ1n) is 7.26. The Morgan fingerprint density at radius 1 is 1.35 bits per heavy atom. The number of carbonyl (C=O) groups excluding carboxylic acids is 1. The van der Waals surface area contributed by atoms with Gasteiger partial charge in [-0.3, -0.25) is 9.69 Å². The first-order valence-corrected chi connectivity index (χ1v) is 7.26. The molecule has 1 aliphatic heterocycles. The maximum atomic E-state index is 10.8. The summed E-state index contributed by atoms with van der Waals surface area (Å²) in [5.41, 5.74) is 1.43. The number of rotatable bonds is 3. The van der Waals surface area contributed by atoms with Crippen molar-refractivity contribution in [2.75, 3.05) is 6.54 Å². The van der Waals surface area contributed by atoms with Crippen LogP contribution >= 0.6 is 0 Å². The van der Waals surface area contributed by atoms with Gasteiger partial charge in [0.1, 0.15) is 0 Å². The Kier molecular flexibility index (Phi) is 3.53. The predicted molar refractivity (Wildman–Crippen MR) is 76.8 cm³/mol. The number of nitrogens with zero attached hydrogens (tertiary/aromatic N) is 4. The van der Waals surface area contributed by atoms with E-state index in [1.54, 1.807) is 16.8 Å². The van der Waals surface area contributed by atoms with Crippen LogP contribution in [0.5, 0.6) is 0 Å². The number of pyridine rings is 1. The molecule has 0 aromatic carbocycles. The topological polar surface area (TPSA) is 50.5 Å². The maximum Gasteiger partial charge on any atom is 0.168 e. The maximum absolute atomic E-state index is 10.8. The molecule has 1 aliphatic rings. The normalized spacial score (nSPS) is 20.6. The molecule has 1 saturated heterocycles. The van der Waals surface area contributed by atoms with Gasteiger partial charge in [-0.2, -0.15) is 0 Å². The standard InChI is InChI=1S/C15H20N4O/c1-11(2)18-8-4-3-5-13(18)15-16-14-7-6-12(10-20)9-19(14)17-15/h6-7,9-11,13H,3-5,8H2,1-2H3. The van der Waals surface area contributed by atoms with E-state index in [4.69, 9.17) is 0 Å². The van der Waals surface area contributed by atoms with Crippen LogP contribution in [0, 0.1) is 0 Å². The molecular formula is C15H20N4O. The third-order valence-corrected chi connectivity index (χ3v) is 4.01. The van der Waals surface area contributed by atoms with Crippen molar-refractivity contribution in [2.45, 2.75) is 45.2 Å². The lowest BCUT2D eigenvalue weighted by Gasteiger charge is -2.36. The Morgan fingerprint density at radius 3 is 2.95 bits per heavy atom. The molecule has 0 saturated carbocycles. The lowest BCUT2D eigenvalue weighted by atomic mass is 10.00. The number of aromatic nitrogens is 3. The van der Waals surface area contributed by atoms with Gasteiger partial charge in [-0.15, -0.1) is 5.10 Å². The van der Waals surface area contributed by atoms with Gasteiger partial charge in [0.05, 0.1) is 6.04 Å². The lowest BCUT2D eigenvalue weighted by Crippen LogP contribution is -2.39. The van der Waals surface area contributed by atoms with Gasteiger partial charge in [0, 0.05) is 17.8 Å². The Hall–Kier alpha value is -1.75. The van der Waals surface area contributed by atoms with Crippen LogP contribution in [0.4, 0.5) is 0 Å². The number of likely N-dealkylation sites (tertiary alicyclic amines) is 1. The van der Waals surface area contributed by atoms with E-state index in [1.165, 1.54) is 12.8 Å². The van der Waals surface area contributed by atoms with Crippen LogP contribution in [-0.4, -0.2) is 38.4 Å². The highest BCUT2D eigenvalue weighted by Gasteiger charge is 2.28. The van der Waals surface area contributed by atoms with E-state index in [2.05, 4.69) is 28.8 Å². The zero-order chi connectivity index (χ0) is 14.1. The second kappa shape index (κ2) is 5.32. The van der Waals surface area contributed by atoms with Crippen LogP contribution in [0.1, 0.15) is 55.3 Å². The number of carbonyl (C=O) groups is 1. The van der Waals surface area contributed by atoms with Crippen molar-refractivity contribution in [2.24, 2.45) is 0 Å². The second-order valence-corrected chi connectivity index (χ2v) is 5.70. The van der Waals surface area contributed by atoms with Crippen molar-refractivity contribution < 1.29 is 4.79 Å². The summed E-state index contributed by atoms with van der Waals surface area (Å²) in [5.74, 6) is 0.876. The minimum atomic E-state index is 0.295. The first kappa shape index (κ1) is 13.2. The van der Waals surface area contributed by atoms with Gasteiger partial charge in [-0.1, -0.05) is 6.42 Å². The van der Waals surface area contributed by atoms with Gasteiger partial charge >= 0.3 is 0 Å². The Labute approximate surface area is 118 Å². The molecule has 1 unspecified atom stereocenters. The van der Waals surface area contributed by atoms with E-state index < -0.39 is 0 Å². The molecule has 0 amide bonds. The van der Waals surface area contributed by atoms with Gasteiger partial charge in [0.2, 0.25) is 0 Å². The van der Waals surface area contributed by atoms with Crippen molar-refractivity contribution in [1.82, 2.24) is 19.5 Å². The average Bonchev–Trinajstić information content (AvgIpc) is 2.89. The number of fused-ring (bicyclic) bond motifs is 1. The first-order chi connectivity index (χ1) is 9.69. The molecule has 1 fully saturated rings. The summed E-state index contributed by atoms with van der Waals surface area (Å²) >= 11 is 0. The summed E-state index contributed by atoms with van der Waals surface area (Å²) in [4.78, 5) is 17.9. The molecule has 3 rings (SSSR count). The van der Waals surface area contributed by atoms with E-state index >= 15 is 0 Å². The van der Waals surface area contributed by atoms with Gasteiger partial charge in [-0.25, -0.2) is 9.50 Å². The fraction of sp³-hybridized carbons (Fsp3) is 0.533. The van der Waals surface area contributed by atoms with E-state index in [-0.39, 0.29) is 0 Å². The monoisotopic (exact) mass is 272 g/mol. The van der Waals surface area contributed by atoms with Crippen molar-refractivity contribution in [3.63, 3.8) is 0 Å². The van der Waals surface area contributed by atoms with Gasteiger partial charge < -0.3 is 0 Å². The largest absolute Gasteiger partial charge is 0.298 e. The molecule has 106 valence electrons. The van der Waals surface area contributed by atoms with E-state index in [9.17, 15) is 4.79 Å². The molecule has 2 aromatic rings. The molecule has 0 N–H and O–H groups in total. The Morgan fingerprint density at radius 2 is 2.20 bits per heavy atom. The smallest absolute Gasteiger partial charge is 0.168 e. The van der Waals surface area contributed by atoms with E-state index in [0.29, 0.717) is 17.6 Å². The summed E-state index contributed by atoms with van der Waals surface area (Å²) in [7, 11) is 0. The summed E-state index contributed by atoms with van der Waals surface area (Å²) in [6, 6.07) is 4.42. The molecule has 1 atom stereocenters. The van der Waals surface area contributed by atoms with Crippen molar-refractivity contribution >= 4 is 11.9 Å². The lowest BCUT2D eigenvalue weighted by molar-refractivity contribution is 0.106. The van der Waals surface area contributed by atoms with Gasteiger partial charge in [0.25, 0.3) is 0 Å². The molecule has 0 radical (unpaired) electrons. The van der Waals surface area contributed by atoms with E-state index in [0.717, 1.165) is 30.7 Å². The van der Waals surface area contributed by atoms with Crippen LogP contribution in [-0.2, 0) is 0 Å². The zero-order valence-corrected chi connectivity index (χ0v) is 12.0. The molecular weight excluding hydrogens is 252 g/mol. The number of piperidine rings is 1. The SMILES string of the molecule is CC(C)N1CCCCC1c1nc2ccc(C=O)cn2n1. The van der Waals surface area contributed by atoms with Crippen LogP contribution in [0.2, 0.25) is 0 Å². The summed E-state index contributed by atoms with van der Waals surface area (Å²) in [6.45, 7) is 5.55. The molecule has 2 aromatic heterocycles. The Bertz CT molecular complexity index is 619. The number of aldehydes is 1. The average molecular weight is 272 g/mol. The van der Waals surface area contributed by atoms with Gasteiger partial charge in [0.15, 0.2) is 17.8 Å². The van der Waals surface area contributed by atoms with Crippen LogP contribution < -0.4 is 0 Å². The summed E-state index contributed by atoms with van der Waals surface area (Å²) < 4.78 is 1.71. The Balaban J connectivity index is 1.97. The summed E-state index contributed by atoms with van der Waals surface area (Å²) in [5, 5.41) is 4.58. The highest BCUT2D eigenvalue weighted by molar-refractivity contribution is 5.74. The van der Waals surface area contributed by atoms with Crippen molar-refractivity contribution in [3.05, 3.63) is 29.7 Å². The molecule has 0 spiro atoms. The van der Waals surface area contributed by atoms with Crippen LogP contribution in [0.3, 0.4) is 0 Å². The minimum Gasteiger partial charge on any atom is -0.298 e. The third-order valence-electron chi connectivity index (χ3n) is 4.01. The number of hydrogen-bond acceptors (Lipinski definition) is 4. The van der Waals surface area contributed by atoms with E-state index in [1.807, 2.05) is 6.07 Å². The van der Waals surface area contributed by atoms with Crippen molar-refractivity contribution in [1.29, 1.82) is 0 Å². The number of hydrogen-bond donors (Lipinski definition) is 0. The fourth-order valence-electron chi connectivity index (χ4n) is 2.98. The molecule has 3 heterocycles. The second-order valence-electron chi connectivity index (χ2n) is 5.70. The van der Waals surface area contributed by atoms with Crippen LogP contribution in [0.15, 0.2) is 18.3 Å².